The lowest BCUT2D eigenvalue weighted by atomic mass is 10.1. The van der Waals surface area contributed by atoms with Crippen molar-refractivity contribution in [2.45, 2.75) is 26.4 Å². The van der Waals surface area contributed by atoms with Crippen molar-refractivity contribution in [3.8, 4) is 0 Å². The van der Waals surface area contributed by atoms with Crippen LogP contribution in [0, 0.1) is 6.92 Å². The number of fused-ring (bicyclic) bond motifs is 1. The van der Waals surface area contributed by atoms with Crippen LogP contribution in [0.1, 0.15) is 19.7 Å². The standard InChI is InChI=1S/C14H19N3O3/c1-9-15-11-6-5-10(7-12(11)20-9)16-13(18)17(4)8-14(2,3)19/h5-7,19H,8H2,1-4H3,(H,16,18). The summed E-state index contributed by atoms with van der Waals surface area (Å²) in [7, 11) is 1.63. The van der Waals surface area contributed by atoms with Gasteiger partial charge in [-0.2, -0.15) is 0 Å². The Hall–Kier alpha value is -2.08. The zero-order chi connectivity index (χ0) is 14.9. The van der Waals surface area contributed by atoms with Crippen LogP contribution >= 0.6 is 0 Å². The molecule has 1 aromatic heterocycles. The van der Waals surface area contributed by atoms with Gasteiger partial charge in [-0.3, -0.25) is 0 Å². The van der Waals surface area contributed by atoms with Crippen LogP contribution in [0.4, 0.5) is 10.5 Å². The molecule has 0 saturated carbocycles. The highest BCUT2D eigenvalue weighted by Gasteiger charge is 2.19. The summed E-state index contributed by atoms with van der Waals surface area (Å²) in [6, 6.07) is 4.99. The molecule has 0 aliphatic carbocycles. The van der Waals surface area contributed by atoms with Crippen LogP contribution in [0.2, 0.25) is 0 Å². The SMILES string of the molecule is Cc1nc2ccc(NC(=O)N(C)CC(C)(C)O)cc2o1. The quantitative estimate of drug-likeness (QED) is 0.902. The lowest BCUT2D eigenvalue weighted by Gasteiger charge is -2.25. The van der Waals surface area contributed by atoms with E-state index < -0.39 is 5.60 Å². The number of nitrogens with one attached hydrogen (secondary N) is 1. The number of rotatable bonds is 3. The minimum Gasteiger partial charge on any atom is -0.441 e. The number of hydrogen-bond acceptors (Lipinski definition) is 4. The second kappa shape index (κ2) is 5.13. The van der Waals surface area contributed by atoms with Gasteiger partial charge in [-0.25, -0.2) is 9.78 Å². The van der Waals surface area contributed by atoms with E-state index in [1.165, 1.54) is 4.90 Å². The number of likely N-dealkylation sites (N-methyl/N-ethyl adjacent to an activating group) is 1. The third-order valence-corrected chi connectivity index (χ3v) is 2.72. The molecule has 6 nitrogen and oxygen atoms in total. The summed E-state index contributed by atoms with van der Waals surface area (Å²) in [6.45, 7) is 5.32. The molecule has 1 heterocycles. The lowest BCUT2D eigenvalue weighted by molar-refractivity contribution is 0.0550. The van der Waals surface area contributed by atoms with Gasteiger partial charge in [-0.1, -0.05) is 0 Å². The fraction of sp³-hybridized carbons (Fsp3) is 0.429. The summed E-state index contributed by atoms with van der Waals surface area (Å²) >= 11 is 0. The minimum atomic E-state index is -0.932. The Balaban J connectivity index is 2.09. The van der Waals surface area contributed by atoms with Crippen molar-refractivity contribution in [1.82, 2.24) is 9.88 Å². The summed E-state index contributed by atoms with van der Waals surface area (Å²) in [4.78, 5) is 17.6. The fourth-order valence-corrected chi connectivity index (χ4v) is 1.99. The Morgan fingerprint density at radius 1 is 1.50 bits per heavy atom. The van der Waals surface area contributed by atoms with E-state index in [1.54, 1.807) is 46.0 Å². The first-order chi connectivity index (χ1) is 9.24. The number of aryl methyl sites for hydroxylation is 1. The van der Waals surface area contributed by atoms with Crippen LogP contribution in [-0.2, 0) is 0 Å². The van der Waals surface area contributed by atoms with Crippen molar-refractivity contribution in [2.24, 2.45) is 0 Å². The molecule has 0 aliphatic rings. The van der Waals surface area contributed by atoms with Crippen molar-refractivity contribution in [1.29, 1.82) is 0 Å². The Labute approximate surface area is 117 Å². The number of benzene rings is 1. The van der Waals surface area contributed by atoms with Gasteiger partial charge < -0.3 is 19.7 Å². The second-order valence-electron chi connectivity index (χ2n) is 5.51. The second-order valence-corrected chi connectivity index (χ2v) is 5.51. The zero-order valence-electron chi connectivity index (χ0n) is 12.1. The van der Waals surface area contributed by atoms with E-state index in [0.717, 1.165) is 5.52 Å². The van der Waals surface area contributed by atoms with Gasteiger partial charge >= 0.3 is 6.03 Å². The fourth-order valence-electron chi connectivity index (χ4n) is 1.99. The Kier molecular flexibility index (Phi) is 3.67. The Bertz CT molecular complexity index is 628. The molecule has 0 bridgehead atoms. The molecule has 2 rings (SSSR count). The van der Waals surface area contributed by atoms with Crippen LogP contribution in [0.3, 0.4) is 0 Å². The van der Waals surface area contributed by atoms with E-state index in [9.17, 15) is 9.90 Å². The molecular formula is C14H19N3O3. The molecule has 2 amide bonds. The Morgan fingerprint density at radius 3 is 2.85 bits per heavy atom. The predicted molar refractivity (Wildman–Crippen MR) is 76.7 cm³/mol. The minimum absolute atomic E-state index is 0.239. The van der Waals surface area contributed by atoms with Gasteiger partial charge in [0.15, 0.2) is 11.5 Å². The number of hydrogen-bond donors (Lipinski definition) is 2. The molecule has 2 aromatic rings. The molecule has 108 valence electrons. The lowest BCUT2D eigenvalue weighted by Crippen LogP contribution is -2.41. The first-order valence-corrected chi connectivity index (χ1v) is 6.36. The first-order valence-electron chi connectivity index (χ1n) is 6.36. The number of nitrogens with zero attached hydrogens (tertiary/aromatic N) is 2. The smallest absolute Gasteiger partial charge is 0.321 e. The van der Waals surface area contributed by atoms with Crippen LogP contribution < -0.4 is 5.32 Å². The number of anilines is 1. The highest BCUT2D eigenvalue weighted by Crippen LogP contribution is 2.20. The zero-order valence-corrected chi connectivity index (χ0v) is 12.1. The third kappa shape index (κ3) is 3.48. The number of aliphatic hydroxyl groups is 1. The number of amides is 2. The molecule has 0 radical (unpaired) electrons. The average Bonchev–Trinajstić information content (AvgIpc) is 2.66. The first kappa shape index (κ1) is 14.3. The van der Waals surface area contributed by atoms with Gasteiger partial charge in [0.1, 0.15) is 5.52 Å². The van der Waals surface area contributed by atoms with E-state index in [2.05, 4.69) is 10.3 Å². The molecule has 0 spiro atoms. The Morgan fingerprint density at radius 2 is 2.20 bits per heavy atom. The molecule has 0 atom stereocenters. The maximum absolute atomic E-state index is 12.0. The monoisotopic (exact) mass is 277 g/mol. The normalized spacial score (nSPS) is 11.7. The van der Waals surface area contributed by atoms with Crippen molar-refractivity contribution < 1.29 is 14.3 Å². The van der Waals surface area contributed by atoms with E-state index in [1.807, 2.05) is 0 Å². The summed E-state index contributed by atoms with van der Waals surface area (Å²) in [6.07, 6.45) is 0. The molecule has 0 fully saturated rings. The molecule has 0 saturated heterocycles. The van der Waals surface area contributed by atoms with Gasteiger partial charge in [-0.05, 0) is 26.0 Å². The highest BCUT2D eigenvalue weighted by molar-refractivity contribution is 5.91. The number of aromatic nitrogens is 1. The summed E-state index contributed by atoms with van der Waals surface area (Å²) in [5.41, 5.74) is 1.08. The van der Waals surface area contributed by atoms with Gasteiger partial charge in [0.2, 0.25) is 0 Å². The van der Waals surface area contributed by atoms with E-state index in [4.69, 9.17) is 4.42 Å². The van der Waals surface area contributed by atoms with Crippen LogP contribution in [0.25, 0.3) is 11.1 Å². The molecule has 0 unspecified atom stereocenters. The van der Waals surface area contributed by atoms with Crippen LogP contribution in [0.5, 0.6) is 0 Å². The van der Waals surface area contributed by atoms with Crippen molar-refractivity contribution in [3.63, 3.8) is 0 Å². The topological polar surface area (TPSA) is 78.6 Å². The number of carbonyl (C=O) groups is 1. The third-order valence-electron chi connectivity index (χ3n) is 2.72. The average molecular weight is 277 g/mol. The maximum Gasteiger partial charge on any atom is 0.321 e. The van der Waals surface area contributed by atoms with E-state index in [0.29, 0.717) is 17.2 Å². The molecule has 6 heteroatoms. The largest absolute Gasteiger partial charge is 0.441 e. The number of oxazole rings is 1. The molecular weight excluding hydrogens is 258 g/mol. The van der Waals surface area contributed by atoms with Crippen molar-refractivity contribution in [3.05, 3.63) is 24.1 Å². The van der Waals surface area contributed by atoms with Crippen molar-refractivity contribution in [2.75, 3.05) is 18.9 Å². The summed E-state index contributed by atoms with van der Waals surface area (Å²) < 4.78 is 5.42. The van der Waals surface area contributed by atoms with Crippen LogP contribution in [-0.4, -0.2) is 40.2 Å². The molecule has 0 aliphatic heterocycles. The van der Waals surface area contributed by atoms with Gasteiger partial charge in [0.05, 0.1) is 12.1 Å². The van der Waals surface area contributed by atoms with E-state index >= 15 is 0 Å². The number of urea groups is 1. The highest BCUT2D eigenvalue weighted by atomic mass is 16.3. The van der Waals surface area contributed by atoms with Gasteiger partial charge in [-0.15, -0.1) is 0 Å². The van der Waals surface area contributed by atoms with E-state index in [-0.39, 0.29) is 12.6 Å². The summed E-state index contributed by atoms with van der Waals surface area (Å²) in [5, 5.41) is 12.5. The van der Waals surface area contributed by atoms with Gasteiger partial charge in [0.25, 0.3) is 0 Å². The predicted octanol–water partition coefficient (Wildman–Crippen LogP) is 2.37. The molecule has 2 N–H and O–H groups in total. The molecule has 20 heavy (non-hydrogen) atoms. The number of carbonyl (C=O) groups excluding carboxylic acids is 1. The van der Waals surface area contributed by atoms with Gasteiger partial charge in [0, 0.05) is 25.7 Å². The molecule has 1 aromatic carbocycles. The maximum atomic E-state index is 12.0. The summed E-state index contributed by atoms with van der Waals surface area (Å²) in [5.74, 6) is 0.586. The van der Waals surface area contributed by atoms with Crippen molar-refractivity contribution >= 4 is 22.8 Å². The van der Waals surface area contributed by atoms with Crippen LogP contribution in [0.15, 0.2) is 22.6 Å².